The van der Waals surface area contributed by atoms with Gasteiger partial charge in [0.25, 0.3) is 5.91 Å². The molecule has 0 saturated heterocycles. The molecule has 0 fully saturated rings. The Morgan fingerprint density at radius 1 is 0.923 bits per heavy atom. The molecule has 0 saturated carbocycles. The fourth-order valence-electron chi connectivity index (χ4n) is 2.23. The van der Waals surface area contributed by atoms with E-state index in [4.69, 9.17) is 18.9 Å². The maximum atomic E-state index is 12.4. The van der Waals surface area contributed by atoms with E-state index in [0.717, 1.165) is 0 Å². The molecule has 2 aromatic carbocycles. The van der Waals surface area contributed by atoms with Gasteiger partial charge in [-0.2, -0.15) is 0 Å². The van der Waals surface area contributed by atoms with Gasteiger partial charge in [0.05, 0.1) is 27.0 Å². The van der Waals surface area contributed by atoms with Gasteiger partial charge in [-0.3, -0.25) is 4.79 Å². The van der Waals surface area contributed by atoms with Crippen LogP contribution in [0.2, 0.25) is 0 Å². The second-order valence-corrected chi connectivity index (χ2v) is 5.30. The molecule has 26 heavy (non-hydrogen) atoms. The molecular weight excluding hydrogens is 338 g/mol. The molecule has 1 amide bonds. The molecule has 0 heterocycles. The second kappa shape index (κ2) is 8.75. The number of esters is 1. The lowest BCUT2D eigenvalue weighted by Crippen LogP contribution is -2.30. The lowest BCUT2D eigenvalue weighted by atomic mass is 10.2. The van der Waals surface area contributed by atoms with Crippen LogP contribution in [0, 0.1) is 0 Å². The van der Waals surface area contributed by atoms with E-state index >= 15 is 0 Å². The number of carbonyl (C=O) groups excluding carboxylic acids is 2. The van der Waals surface area contributed by atoms with E-state index in [1.54, 1.807) is 36.4 Å². The van der Waals surface area contributed by atoms with Gasteiger partial charge in [-0.15, -0.1) is 0 Å². The lowest BCUT2D eigenvalue weighted by molar-refractivity contribution is -0.123. The standard InChI is InChI=1S/C19H21NO6/c1-12(18(21)20-15-7-5-6-8-16(15)24-3)26-19(22)14-10-9-13(23-2)11-17(14)25-4/h5-12H,1-4H3,(H,20,21). The Kier molecular flexibility index (Phi) is 6.43. The minimum absolute atomic E-state index is 0.199. The van der Waals surface area contributed by atoms with E-state index in [1.165, 1.54) is 34.3 Å². The summed E-state index contributed by atoms with van der Waals surface area (Å²) in [5, 5.41) is 2.67. The molecule has 0 radical (unpaired) electrons. The van der Waals surface area contributed by atoms with Crippen molar-refractivity contribution in [1.29, 1.82) is 0 Å². The number of methoxy groups -OCH3 is 3. The molecule has 0 spiro atoms. The van der Waals surface area contributed by atoms with E-state index in [-0.39, 0.29) is 5.56 Å². The third kappa shape index (κ3) is 4.44. The quantitative estimate of drug-likeness (QED) is 0.766. The highest BCUT2D eigenvalue weighted by atomic mass is 16.5. The van der Waals surface area contributed by atoms with Crippen LogP contribution < -0.4 is 19.5 Å². The van der Waals surface area contributed by atoms with Crippen LogP contribution in [-0.4, -0.2) is 39.3 Å². The topological polar surface area (TPSA) is 83.1 Å². The smallest absolute Gasteiger partial charge is 0.342 e. The number of anilines is 1. The van der Waals surface area contributed by atoms with Crippen molar-refractivity contribution in [2.24, 2.45) is 0 Å². The fraction of sp³-hybridized carbons (Fsp3) is 0.263. The fourth-order valence-corrected chi connectivity index (χ4v) is 2.23. The number of hydrogen-bond donors (Lipinski definition) is 1. The van der Waals surface area contributed by atoms with E-state index < -0.39 is 18.0 Å². The molecule has 0 aliphatic carbocycles. The lowest BCUT2D eigenvalue weighted by Gasteiger charge is -2.16. The first-order chi connectivity index (χ1) is 12.5. The number of benzene rings is 2. The van der Waals surface area contributed by atoms with Gasteiger partial charge in [0.1, 0.15) is 22.8 Å². The molecule has 138 valence electrons. The number of nitrogens with one attached hydrogen (secondary N) is 1. The Morgan fingerprint density at radius 3 is 2.27 bits per heavy atom. The van der Waals surface area contributed by atoms with Gasteiger partial charge in [-0.05, 0) is 31.2 Å². The number of hydrogen-bond acceptors (Lipinski definition) is 6. The van der Waals surface area contributed by atoms with E-state index in [2.05, 4.69) is 5.32 Å². The number of para-hydroxylation sites is 2. The van der Waals surface area contributed by atoms with Crippen LogP contribution in [0.1, 0.15) is 17.3 Å². The highest BCUT2D eigenvalue weighted by Gasteiger charge is 2.22. The van der Waals surface area contributed by atoms with Crippen molar-refractivity contribution in [1.82, 2.24) is 0 Å². The molecule has 2 rings (SSSR count). The highest BCUT2D eigenvalue weighted by Crippen LogP contribution is 2.26. The first-order valence-electron chi connectivity index (χ1n) is 7.87. The number of ether oxygens (including phenoxy) is 4. The van der Waals surface area contributed by atoms with Gasteiger partial charge in [0.2, 0.25) is 0 Å². The zero-order chi connectivity index (χ0) is 19.1. The Balaban J connectivity index is 2.08. The Morgan fingerprint density at radius 2 is 1.62 bits per heavy atom. The average molecular weight is 359 g/mol. The van der Waals surface area contributed by atoms with E-state index in [0.29, 0.717) is 22.9 Å². The largest absolute Gasteiger partial charge is 0.497 e. The zero-order valence-corrected chi connectivity index (χ0v) is 15.1. The van der Waals surface area contributed by atoms with Crippen LogP contribution in [0.25, 0.3) is 0 Å². The first-order valence-corrected chi connectivity index (χ1v) is 7.87. The predicted molar refractivity (Wildman–Crippen MR) is 96.0 cm³/mol. The summed E-state index contributed by atoms with van der Waals surface area (Å²) in [5.74, 6) is 0.200. The summed E-state index contributed by atoms with van der Waals surface area (Å²) in [5.41, 5.74) is 0.690. The van der Waals surface area contributed by atoms with Crippen molar-refractivity contribution in [2.75, 3.05) is 26.6 Å². The van der Waals surface area contributed by atoms with Gasteiger partial charge < -0.3 is 24.3 Å². The van der Waals surface area contributed by atoms with Gasteiger partial charge in [-0.1, -0.05) is 12.1 Å². The third-order valence-electron chi connectivity index (χ3n) is 3.65. The second-order valence-electron chi connectivity index (χ2n) is 5.30. The number of carbonyl (C=O) groups is 2. The first kappa shape index (κ1) is 19.1. The average Bonchev–Trinajstić information content (AvgIpc) is 2.67. The van der Waals surface area contributed by atoms with E-state index in [9.17, 15) is 9.59 Å². The molecule has 0 bridgehead atoms. The summed E-state index contributed by atoms with van der Waals surface area (Å²) in [6, 6.07) is 11.6. The maximum Gasteiger partial charge on any atom is 0.342 e. The summed E-state index contributed by atoms with van der Waals surface area (Å²) in [7, 11) is 4.45. The molecule has 0 aliphatic rings. The van der Waals surface area contributed by atoms with Crippen molar-refractivity contribution in [3.05, 3.63) is 48.0 Å². The van der Waals surface area contributed by atoms with Crippen LogP contribution >= 0.6 is 0 Å². The van der Waals surface area contributed by atoms with Crippen molar-refractivity contribution < 1.29 is 28.5 Å². The predicted octanol–water partition coefficient (Wildman–Crippen LogP) is 2.90. The SMILES string of the molecule is COc1ccc(C(=O)OC(C)C(=O)Nc2ccccc2OC)c(OC)c1. The summed E-state index contributed by atoms with van der Waals surface area (Å²) in [6.07, 6.45) is -1.01. The van der Waals surface area contributed by atoms with Crippen LogP contribution in [-0.2, 0) is 9.53 Å². The number of amides is 1. The zero-order valence-electron chi connectivity index (χ0n) is 15.1. The molecule has 1 atom stereocenters. The van der Waals surface area contributed by atoms with Crippen molar-refractivity contribution in [3.63, 3.8) is 0 Å². The minimum atomic E-state index is -1.01. The van der Waals surface area contributed by atoms with Crippen molar-refractivity contribution >= 4 is 17.6 Å². The van der Waals surface area contributed by atoms with E-state index in [1.807, 2.05) is 0 Å². The monoisotopic (exact) mass is 359 g/mol. The summed E-state index contributed by atoms with van der Waals surface area (Å²) < 4.78 is 20.7. The third-order valence-corrected chi connectivity index (χ3v) is 3.65. The summed E-state index contributed by atoms with van der Waals surface area (Å²) >= 11 is 0. The molecule has 0 aliphatic heterocycles. The van der Waals surface area contributed by atoms with Gasteiger partial charge in [-0.25, -0.2) is 4.79 Å². The Labute approximate surface area is 151 Å². The Hall–Kier alpha value is -3.22. The summed E-state index contributed by atoms with van der Waals surface area (Å²) in [6.45, 7) is 1.48. The molecule has 7 nitrogen and oxygen atoms in total. The van der Waals surface area contributed by atoms with Gasteiger partial charge >= 0.3 is 5.97 Å². The van der Waals surface area contributed by atoms with Crippen LogP contribution in [0.15, 0.2) is 42.5 Å². The van der Waals surface area contributed by atoms with Crippen LogP contribution in [0.3, 0.4) is 0 Å². The maximum absolute atomic E-state index is 12.4. The number of rotatable bonds is 7. The minimum Gasteiger partial charge on any atom is -0.497 e. The van der Waals surface area contributed by atoms with Crippen molar-refractivity contribution in [3.8, 4) is 17.2 Å². The summed E-state index contributed by atoms with van der Waals surface area (Å²) in [4.78, 5) is 24.7. The van der Waals surface area contributed by atoms with Crippen LogP contribution in [0.4, 0.5) is 5.69 Å². The molecule has 7 heteroatoms. The van der Waals surface area contributed by atoms with Gasteiger partial charge in [0, 0.05) is 6.07 Å². The normalized spacial score (nSPS) is 11.2. The molecule has 1 N–H and O–H groups in total. The molecule has 0 aromatic heterocycles. The molecular formula is C19H21NO6. The Bertz CT molecular complexity index is 789. The molecule has 1 unspecified atom stereocenters. The van der Waals surface area contributed by atoms with Crippen LogP contribution in [0.5, 0.6) is 17.2 Å². The van der Waals surface area contributed by atoms with Crippen molar-refractivity contribution in [2.45, 2.75) is 13.0 Å². The molecule has 2 aromatic rings. The van der Waals surface area contributed by atoms with Gasteiger partial charge in [0.15, 0.2) is 6.10 Å². The highest BCUT2D eigenvalue weighted by molar-refractivity contribution is 5.99.